The molecule has 0 spiro atoms. The molecule has 1 N–H and O–H groups in total. The first-order valence-electron chi connectivity index (χ1n) is 11.4. The number of aryl methyl sites for hydroxylation is 1. The second-order valence-corrected chi connectivity index (χ2v) is 10.9. The van der Waals surface area contributed by atoms with Crippen LogP contribution in [0.25, 0.3) is 22.3 Å². The molecule has 0 aliphatic carbocycles. The van der Waals surface area contributed by atoms with Gasteiger partial charge in [-0.3, -0.25) is 4.79 Å². The number of rotatable bonds is 6. The number of methoxy groups -OCH3 is 1. The van der Waals surface area contributed by atoms with Gasteiger partial charge in [0.1, 0.15) is 17.1 Å². The number of hydrogen-bond acceptors (Lipinski definition) is 6. The summed E-state index contributed by atoms with van der Waals surface area (Å²) in [5, 5.41) is 2.95. The van der Waals surface area contributed by atoms with Gasteiger partial charge in [-0.1, -0.05) is 48.5 Å². The summed E-state index contributed by atoms with van der Waals surface area (Å²) < 4.78 is 31.7. The number of nitrogens with one attached hydrogen (secondary N) is 1. The number of amides is 1. The molecule has 9 heteroatoms. The quantitative estimate of drug-likeness (QED) is 0.442. The predicted molar refractivity (Wildman–Crippen MR) is 134 cm³/mol. The molecule has 1 fully saturated rings. The van der Waals surface area contributed by atoms with Gasteiger partial charge in [-0.2, -0.15) is 0 Å². The summed E-state index contributed by atoms with van der Waals surface area (Å²) in [5.74, 6) is 1.21. The van der Waals surface area contributed by atoms with Gasteiger partial charge in [0.05, 0.1) is 35.9 Å². The topological polar surface area (TPSA) is 103 Å². The monoisotopic (exact) mass is 490 g/mol. The fraction of sp³-hybridized carbons (Fsp3) is 0.269. The van der Waals surface area contributed by atoms with Crippen LogP contribution in [0.5, 0.6) is 5.75 Å². The van der Waals surface area contributed by atoms with Crippen molar-refractivity contribution in [1.29, 1.82) is 0 Å². The fourth-order valence-corrected chi connectivity index (χ4v) is 6.37. The minimum atomic E-state index is -3.10. The number of carbonyl (C=O) groups is 1. The molecule has 0 saturated carbocycles. The van der Waals surface area contributed by atoms with E-state index in [9.17, 15) is 13.2 Å². The Labute approximate surface area is 203 Å². The molecule has 0 bridgehead atoms. The summed E-state index contributed by atoms with van der Waals surface area (Å²) in [6, 6.07) is 18.8. The van der Waals surface area contributed by atoms with Crippen LogP contribution in [0.2, 0.25) is 0 Å². The van der Waals surface area contributed by atoms with Crippen molar-refractivity contribution in [2.75, 3.05) is 18.6 Å². The molecule has 8 nitrogen and oxygen atoms in total. The van der Waals surface area contributed by atoms with Gasteiger partial charge in [0.25, 0.3) is 5.91 Å². The number of benzene rings is 2. The van der Waals surface area contributed by atoms with E-state index in [-0.39, 0.29) is 35.7 Å². The first-order valence-corrected chi connectivity index (χ1v) is 13.2. The van der Waals surface area contributed by atoms with Crippen molar-refractivity contribution >= 4 is 26.8 Å². The molecule has 180 valence electrons. The lowest BCUT2D eigenvalue weighted by molar-refractivity contribution is 0.0947. The lowest BCUT2D eigenvalue weighted by atomic mass is 10.1. The molecular weight excluding hydrogens is 464 g/mol. The molecule has 1 aliphatic heterocycles. The van der Waals surface area contributed by atoms with Crippen LogP contribution in [0.15, 0.2) is 60.7 Å². The van der Waals surface area contributed by atoms with E-state index in [1.54, 1.807) is 7.11 Å². The normalized spacial score (nSPS) is 16.9. The number of para-hydroxylation sites is 1. The Balaban J connectivity index is 1.59. The van der Waals surface area contributed by atoms with Gasteiger partial charge in [-0.15, -0.1) is 0 Å². The number of aromatic nitrogens is 3. The van der Waals surface area contributed by atoms with Crippen molar-refractivity contribution in [2.24, 2.45) is 0 Å². The molecule has 1 aliphatic rings. The van der Waals surface area contributed by atoms with Crippen LogP contribution in [0.4, 0.5) is 0 Å². The van der Waals surface area contributed by atoms with E-state index in [1.807, 2.05) is 72.2 Å². The number of nitrogens with zero attached hydrogens (tertiary/aromatic N) is 3. The van der Waals surface area contributed by atoms with Crippen LogP contribution in [-0.2, 0) is 16.4 Å². The van der Waals surface area contributed by atoms with E-state index in [0.717, 1.165) is 11.1 Å². The molecule has 5 rings (SSSR count). The van der Waals surface area contributed by atoms with E-state index in [1.165, 1.54) is 0 Å². The third-order valence-corrected chi connectivity index (χ3v) is 8.09. The third kappa shape index (κ3) is 4.51. The summed E-state index contributed by atoms with van der Waals surface area (Å²) in [4.78, 5) is 22.8. The van der Waals surface area contributed by atoms with Crippen LogP contribution in [0.1, 0.15) is 34.3 Å². The van der Waals surface area contributed by atoms with Crippen LogP contribution in [0, 0.1) is 6.92 Å². The summed E-state index contributed by atoms with van der Waals surface area (Å²) in [5.41, 5.74) is 3.71. The number of fused-ring (bicyclic) bond motifs is 1. The first-order chi connectivity index (χ1) is 16.9. The Hall–Kier alpha value is -3.72. The van der Waals surface area contributed by atoms with Crippen LogP contribution in [-0.4, -0.2) is 47.5 Å². The molecule has 1 unspecified atom stereocenters. The minimum absolute atomic E-state index is 0.0671. The standard InChI is InChI=1S/C26H26N4O4S/c1-17-28-24-22(30(17)20-12-13-35(32,33)16-20)14-21(18-8-4-3-5-9-18)29-25(24)26(31)27-15-19-10-6-7-11-23(19)34-2/h3-11,14,20H,12-13,15-16H2,1-2H3,(H,27,31). The van der Waals surface area contributed by atoms with Gasteiger partial charge in [-0.25, -0.2) is 18.4 Å². The molecule has 0 radical (unpaired) electrons. The zero-order valence-electron chi connectivity index (χ0n) is 19.6. The highest BCUT2D eigenvalue weighted by molar-refractivity contribution is 7.91. The van der Waals surface area contributed by atoms with E-state index in [4.69, 9.17) is 9.72 Å². The van der Waals surface area contributed by atoms with E-state index < -0.39 is 9.84 Å². The van der Waals surface area contributed by atoms with Gasteiger partial charge < -0.3 is 14.6 Å². The molecule has 1 saturated heterocycles. The number of imidazole rings is 1. The van der Waals surface area contributed by atoms with Gasteiger partial charge in [-0.05, 0) is 25.5 Å². The summed E-state index contributed by atoms with van der Waals surface area (Å²) in [6.07, 6.45) is 0.521. The maximum atomic E-state index is 13.4. The lowest BCUT2D eigenvalue weighted by Crippen LogP contribution is -2.24. The lowest BCUT2D eigenvalue weighted by Gasteiger charge is -2.15. The molecule has 2 aromatic heterocycles. The van der Waals surface area contributed by atoms with Gasteiger partial charge in [0, 0.05) is 17.7 Å². The van der Waals surface area contributed by atoms with Crippen molar-refractivity contribution in [1.82, 2.24) is 19.9 Å². The molecule has 1 amide bonds. The predicted octanol–water partition coefficient (Wildman–Crippen LogP) is 3.70. The maximum Gasteiger partial charge on any atom is 0.272 e. The van der Waals surface area contributed by atoms with Crippen molar-refractivity contribution in [3.63, 3.8) is 0 Å². The zero-order chi connectivity index (χ0) is 24.6. The van der Waals surface area contributed by atoms with Gasteiger partial charge in [0.2, 0.25) is 0 Å². The Morgan fingerprint density at radius 1 is 1.11 bits per heavy atom. The SMILES string of the molecule is COc1ccccc1CNC(=O)c1nc(-c2ccccc2)cc2c1nc(C)n2C1CCS(=O)(=O)C1. The second-order valence-electron chi connectivity index (χ2n) is 8.67. The Kier molecular flexibility index (Phi) is 6.02. The minimum Gasteiger partial charge on any atom is -0.496 e. The van der Waals surface area contributed by atoms with Crippen molar-refractivity contribution in [2.45, 2.75) is 25.9 Å². The zero-order valence-corrected chi connectivity index (χ0v) is 20.4. The highest BCUT2D eigenvalue weighted by atomic mass is 32.2. The Morgan fingerprint density at radius 3 is 2.57 bits per heavy atom. The average molecular weight is 491 g/mol. The maximum absolute atomic E-state index is 13.4. The summed E-state index contributed by atoms with van der Waals surface area (Å²) in [6.45, 7) is 2.10. The summed E-state index contributed by atoms with van der Waals surface area (Å²) >= 11 is 0. The smallest absolute Gasteiger partial charge is 0.272 e. The van der Waals surface area contributed by atoms with Crippen molar-refractivity contribution in [3.05, 3.63) is 77.7 Å². The number of carbonyl (C=O) groups excluding carboxylic acids is 1. The van der Waals surface area contributed by atoms with Gasteiger partial charge >= 0.3 is 0 Å². The molecule has 4 aromatic rings. The number of ether oxygens (including phenoxy) is 1. The molecule has 2 aromatic carbocycles. The van der Waals surface area contributed by atoms with Crippen molar-refractivity contribution in [3.8, 4) is 17.0 Å². The number of pyridine rings is 1. The number of hydrogen-bond donors (Lipinski definition) is 1. The van der Waals surface area contributed by atoms with E-state index in [2.05, 4.69) is 10.3 Å². The van der Waals surface area contributed by atoms with Crippen LogP contribution in [0.3, 0.4) is 0 Å². The third-order valence-electron chi connectivity index (χ3n) is 6.34. The average Bonchev–Trinajstić information content (AvgIpc) is 3.39. The molecule has 3 heterocycles. The Bertz CT molecular complexity index is 1510. The first kappa shape index (κ1) is 23.0. The molecule has 1 atom stereocenters. The largest absolute Gasteiger partial charge is 0.496 e. The highest BCUT2D eigenvalue weighted by Crippen LogP contribution is 2.32. The fourth-order valence-electron chi connectivity index (χ4n) is 4.67. The van der Waals surface area contributed by atoms with E-state index in [0.29, 0.717) is 34.7 Å². The second kappa shape index (κ2) is 9.14. The van der Waals surface area contributed by atoms with Gasteiger partial charge in [0.15, 0.2) is 15.5 Å². The number of sulfone groups is 1. The van der Waals surface area contributed by atoms with E-state index >= 15 is 0 Å². The van der Waals surface area contributed by atoms with Crippen LogP contribution >= 0.6 is 0 Å². The summed E-state index contributed by atoms with van der Waals surface area (Å²) in [7, 11) is -1.51. The molecular formula is C26H26N4O4S. The van der Waals surface area contributed by atoms with Crippen molar-refractivity contribution < 1.29 is 17.9 Å². The molecule has 35 heavy (non-hydrogen) atoms. The van der Waals surface area contributed by atoms with Crippen LogP contribution < -0.4 is 10.1 Å². The highest BCUT2D eigenvalue weighted by Gasteiger charge is 2.32. The Morgan fingerprint density at radius 2 is 1.86 bits per heavy atom.